The quantitative estimate of drug-likeness (QED) is 0.426. The summed E-state index contributed by atoms with van der Waals surface area (Å²) < 4.78 is 4.62. The number of rotatable bonds is 8. The molecule has 0 spiro atoms. The lowest BCUT2D eigenvalue weighted by Gasteiger charge is -2.05. The van der Waals surface area contributed by atoms with Crippen LogP contribution in [0, 0.1) is 0 Å². The Labute approximate surface area is 138 Å². The minimum Gasteiger partial charge on any atom is -0.468 e. The molecule has 0 fully saturated rings. The predicted octanol–water partition coefficient (Wildman–Crippen LogP) is 4.20. The number of ether oxygens (including phenoxy) is 1. The number of carbonyl (C=O) groups excluding carboxylic acids is 1. The number of methoxy groups -OCH3 is 1. The lowest BCUT2D eigenvalue weighted by molar-refractivity contribution is -0.140. The Morgan fingerprint density at radius 2 is 1.95 bits per heavy atom. The van der Waals surface area contributed by atoms with Gasteiger partial charge in [-0.3, -0.25) is 4.79 Å². The zero-order valence-electron chi connectivity index (χ0n) is 12.2. The van der Waals surface area contributed by atoms with E-state index in [-0.39, 0.29) is 16.5 Å². The van der Waals surface area contributed by atoms with Gasteiger partial charge in [0.15, 0.2) is 0 Å². The number of carbonyl (C=O) groups is 1. The monoisotopic (exact) mass is 322 g/mol. The van der Waals surface area contributed by atoms with Gasteiger partial charge in [-0.2, -0.15) is 25.3 Å². The molecule has 1 rings (SSSR count). The minimum absolute atomic E-state index is 0.189. The first-order valence-electron chi connectivity index (χ1n) is 6.95. The van der Waals surface area contributed by atoms with Gasteiger partial charge in [-0.1, -0.05) is 54.6 Å². The number of allylic oxidation sites excluding steroid dienone is 2. The highest BCUT2D eigenvalue weighted by Gasteiger charge is 2.12. The van der Waals surface area contributed by atoms with Crippen molar-refractivity contribution in [2.45, 2.75) is 29.8 Å². The van der Waals surface area contributed by atoms with Crippen LogP contribution in [0.2, 0.25) is 0 Å². The normalized spacial score (nSPS) is 14.4. The van der Waals surface area contributed by atoms with Gasteiger partial charge in [0.05, 0.1) is 12.4 Å². The summed E-state index contributed by atoms with van der Waals surface area (Å²) in [7, 11) is 1.38. The molecular formula is C17H22O2S2. The number of hydrogen-bond donors (Lipinski definition) is 2. The van der Waals surface area contributed by atoms with Crippen molar-refractivity contribution in [2.24, 2.45) is 0 Å². The highest BCUT2D eigenvalue weighted by Crippen LogP contribution is 2.11. The SMILES string of the molecule is COC(=O)C(S)CCC=CCC(S)C=Cc1ccccc1. The first-order chi connectivity index (χ1) is 10.1. The van der Waals surface area contributed by atoms with Crippen LogP contribution in [0.5, 0.6) is 0 Å². The van der Waals surface area contributed by atoms with Crippen LogP contribution in [-0.4, -0.2) is 23.6 Å². The lowest BCUT2D eigenvalue weighted by Crippen LogP contribution is -2.15. The molecule has 0 aliphatic carbocycles. The van der Waals surface area contributed by atoms with Crippen LogP contribution < -0.4 is 0 Å². The number of hydrogen-bond acceptors (Lipinski definition) is 4. The van der Waals surface area contributed by atoms with E-state index >= 15 is 0 Å². The molecule has 0 saturated heterocycles. The van der Waals surface area contributed by atoms with Gasteiger partial charge in [-0.05, 0) is 24.8 Å². The van der Waals surface area contributed by atoms with E-state index in [9.17, 15) is 4.79 Å². The predicted molar refractivity (Wildman–Crippen MR) is 96.0 cm³/mol. The van der Waals surface area contributed by atoms with Crippen molar-refractivity contribution in [3.8, 4) is 0 Å². The first kappa shape index (κ1) is 17.9. The molecule has 0 aliphatic rings. The average Bonchev–Trinajstić information content (AvgIpc) is 2.52. The zero-order chi connectivity index (χ0) is 15.5. The molecule has 2 atom stereocenters. The summed E-state index contributed by atoms with van der Waals surface area (Å²) in [6.45, 7) is 0. The van der Waals surface area contributed by atoms with Crippen LogP contribution in [-0.2, 0) is 9.53 Å². The first-order valence-corrected chi connectivity index (χ1v) is 7.99. The van der Waals surface area contributed by atoms with Crippen LogP contribution in [0.15, 0.2) is 48.6 Å². The maximum absolute atomic E-state index is 11.2. The maximum Gasteiger partial charge on any atom is 0.318 e. The largest absolute Gasteiger partial charge is 0.468 e. The second kappa shape index (κ2) is 10.6. The maximum atomic E-state index is 11.2. The second-order valence-corrected chi connectivity index (χ2v) is 5.95. The fraction of sp³-hybridized carbons (Fsp3) is 0.353. The molecule has 0 radical (unpaired) electrons. The standard InChI is InChI=1S/C17H22O2S2/c1-19-17(18)16(21)11-7-3-6-10-15(20)13-12-14-8-4-2-5-9-14/h2-6,8-9,12-13,15-16,20-21H,7,10-11H2,1H3. The van der Waals surface area contributed by atoms with E-state index in [1.807, 2.05) is 18.2 Å². The third kappa shape index (κ3) is 8.02. The van der Waals surface area contributed by atoms with Crippen LogP contribution in [0.4, 0.5) is 0 Å². The van der Waals surface area contributed by atoms with Crippen LogP contribution >= 0.6 is 25.3 Å². The Morgan fingerprint density at radius 3 is 2.62 bits per heavy atom. The van der Waals surface area contributed by atoms with Gasteiger partial charge in [-0.15, -0.1) is 0 Å². The summed E-state index contributed by atoms with van der Waals surface area (Å²) in [6, 6.07) is 10.2. The van der Waals surface area contributed by atoms with Crippen molar-refractivity contribution < 1.29 is 9.53 Å². The molecule has 114 valence electrons. The fourth-order valence-corrected chi connectivity index (χ4v) is 2.19. The van der Waals surface area contributed by atoms with E-state index in [1.54, 1.807) is 0 Å². The molecule has 1 aromatic carbocycles. The Bertz CT molecular complexity index is 469. The summed E-state index contributed by atoms with van der Waals surface area (Å²) in [5.41, 5.74) is 1.18. The Hall–Kier alpha value is -1.13. The highest BCUT2D eigenvalue weighted by molar-refractivity contribution is 7.81. The Balaban J connectivity index is 2.23. The average molecular weight is 322 g/mol. The van der Waals surface area contributed by atoms with E-state index in [1.165, 1.54) is 12.7 Å². The van der Waals surface area contributed by atoms with Gasteiger partial charge in [-0.25, -0.2) is 0 Å². The number of thiol groups is 2. The number of esters is 1. The van der Waals surface area contributed by atoms with E-state index in [2.05, 4.69) is 66.4 Å². The Morgan fingerprint density at radius 1 is 1.24 bits per heavy atom. The van der Waals surface area contributed by atoms with E-state index in [4.69, 9.17) is 0 Å². The molecular weight excluding hydrogens is 300 g/mol. The molecule has 2 unspecified atom stereocenters. The molecule has 1 aromatic rings. The van der Waals surface area contributed by atoms with Gasteiger partial charge in [0.25, 0.3) is 0 Å². The molecule has 0 saturated carbocycles. The van der Waals surface area contributed by atoms with Crippen molar-refractivity contribution in [1.29, 1.82) is 0 Å². The van der Waals surface area contributed by atoms with Gasteiger partial charge in [0, 0.05) is 5.25 Å². The summed E-state index contributed by atoms with van der Waals surface area (Å²) in [6.07, 6.45) is 10.7. The number of benzene rings is 1. The lowest BCUT2D eigenvalue weighted by atomic mass is 10.1. The van der Waals surface area contributed by atoms with Crippen LogP contribution in [0.1, 0.15) is 24.8 Å². The third-order valence-electron chi connectivity index (χ3n) is 2.93. The molecule has 4 heteroatoms. The van der Waals surface area contributed by atoms with Gasteiger partial charge in [0.1, 0.15) is 0 Å². The van der Waals surface area contributed by atoms with Gasteiger partial charge in [0.2, 0.25) is 0 Å². The molecule has 21 heavy (non-hydrogen) atoms. The van der Waals surface area contributed by atoms with Crippen molar-refractivity contribution in [1.82, 2.24) is 0 Å². The summed E-state index contributed by atoms with van der Waals surface area (Å²) in [5, 5.41) is -0.154. The van der Waals surface area contributed by atoms with Crippen molar-refractivity contribution in [2.75, 3.05) is 7.11 Å². The van der Waals surface area contributed by atoms with Crippen molar-refractivity contribution in [3.63, 3.8) is 0 Å². The molecule has 2 nitrogen and oxygen atoms in total. The molecule has 0 aliphatic heterocycles. The van der Waals surface area contributed by atoms with Gasteiger partial charge < -0.3 is 4.74 Å². The van der Waals surface area contributed by atoms with E-state index < -0.39 is 0 Å². The minimum atomic E-state index is -0.343. The summed E-state index contributed by atoms with van der Waals surface area (Å²) in [4.78, 5) is 11.2. The molecule has 0 N–H and O–H groups in total. The van der Waals surface area contributed by atoms with Gasteiger partial charge >= 0.3 is 5.97 Å². The molecule has 0 heterocycles. The topological polar surface area (TPSA) is 26.3 Å². The summed E-state index contributed by atoms with van der Waals surface area (Å²) >= 11 is 8.71. The van der Waals surface area contributed by atoms with E-state index in [0.717, 1.165) is 12.8 Å². The Kier molecular flexibility index (Phi) is 9.02. The molecule has 0 amide bonds. The van der Waals surface area contributed by atoms with Crippen LogP contribution in [0.3, 0.4) is 0 Å². The fourth-order valence-electron chi connectivity index (χ4n) is 1.73. The highest BCUT2D eigenvalue weighted by atomic mass is 32.1. The smallest absolute Gasteiger partial charge is 0.318 e. The second-order valence-electron chi connectivity index (χ2n) is 4.66. The van der Waals surface area contributed by atoms with E-state index in [0.29, 0.717) is 6.42 Å². The summed E-state index contributed by atoms with van der Waals surface area (Å²) in [5.74, 6) is -0.274. The van der Waals surface area contributed by atoms with Crippen molar-refractivity contribution >= 4 is 37.3 Å². The molecule has 0 bridgehead atoms. The van der Waals surface area contributed by atoms with Crippen LogP contribution in [0.25, 0.3) is 6.08 Å². The zero-order valence-corrected chi connectivity index (χ0v) is 14.0. The third-order valence-corrected chi connectivity index (χ3v) is 3.79. The van der Waals surface area contributed by atoms with Crippen molar-refractivity contribution in [3.05, 3.63) is 54.1 Å². The molecule has 0 aromatic heterocycles.